The van der Waals surface area contributed by atoms with E-state index in [1.807, 2.05) is 0 Å². The van der Waals surface area contributed by atoms with Gasteiger partial charge in [-0.2, -0.15) is 0 Å². The van der Waals surface area contributed by atoms with Gasteiger partial charge in [0, 0.05) is 29.8 Å². The Balaban J connectivity index is 1.30. The number of fused-ring (bicyclic) bond motifs is 1. The first-order chi connectivity index (χ1) is 26.7. The molecule has 56 heavy (non-hydrogen) atoms. The van der Waals surface area contributed by atoms with Crippen LogP contribution in [0.4, 0.5) is 0 Å². The fourth-order valence-electron chi connectivity index (χ4n) is 6.14. The highest BCUT2D eigenvalue weighted by molar-refractivity contribution is 5.87. The molecule has 3 aromatic carbocycles. The summed E-state index contributed by atoms with van der Waals surface area (Å²) in [7, 11) is 1.33. The summed E-state index contributed by atoms with van der Waals surface area (Å²) in [6, 6.07) is 11.2. The highest BCUT2D eigenvalue weighted by Gasteiger charge is 2.53. The number of ether oxygens (including phenoxy) is 6. The molecule has 3 heterocycles. The summed E-state index contributed by atoms with van der Waals surface area (Å²) in [6.07, 6.45) is -15.8. The summed E-state index contributed by atoms with van der Waals surface area (Å²) < 4.78 is 39.6. The van der Waals surface area contributed by atoms with Gasteiger partial charge in [0.25, 0.3) is 0 Å². The second-order valence-electron chi connectivity index (χ2n) is 12.8. The fraction of sp³-hybridized carbons (Fsp3) is 0.351. The SMILES string of the molecule is COc1cc(-c2cc(=O)c3c(O)cc(O[C@@H]4O[C@H](CO)[C@@H](O)[C@H](O)[C@H]4O[C@@H]4O[C@H](CO)[C@@H](O)[C@H](O)[C@H]4OC(=O)C=Cc4ccc(O)c(O)c4)cc3o2)ccc1O. The summed E-state index contributed by atoms with van der Waals surface area (Å²) in [4.78, 5) is 26.0. The van der Waals surface area contributed by atoms with Crippen LogP contribution in [0.5, 0.6) is 34.5 Å². The van der Waals surface area contributed by atoms with Crippen LogP contribution >= 0.6 is 0 Å². The monoisotopic (exact) mass is 786 g/mol. The first-order valence-corrected chi connectivity index (χ1v) is 16.9. The van der Waals surface area contributed by atoms with Crippen LogP contribution in [-0.2, 0) is 23.7 Å². The van der Waals surface area contributed by atoms with E-state index in [0.717, 1.165) is 24.3 Å². The van der Waals surface area contributed by atoms with Gasteiger partial charge in [-0.25, -0.2) is 4.79 Å². The van der Waals surface area contributed by atoms with Gasteiger partial charge >= 0.3 is 5.97 Å². The van der Waals surface area contributed by atoms with Gasteiger partial charge in [-0.3, -0.25) is 4.79 Å². The molecule has 0 aliphatic carbocycles. The van der Waals surface area contributed by atoms with Crippen LogP contribution in [0.1, 0.15) is 5.56 Å². The van der Waals surface area contributed by atoms with Crippen molar-refractivity contribution in [3.63, 3.8) is 0 Å². The van der Waals surface area contributed by atoms with E-state index >= 15 is 0 Å². The maximum Gasteiger partial charge on any atom is 0.331 e. The Bertz CT molecular complexity index is 2130. The predicted molar refractivity (Wildman–Crippen MR) is 188 cm³/mol. The molecule has 0 spiro atoms. The first kappa shape index (κ1) is 40.2. The van der Waals surface area contributed by atoms with Gasteiger partial charge in [0.2, 0.25) is 6.29 Å². The average molecular weight is 787 g/mol. The topological polar surface area (TPSA) is 305 Å². The van der Waals surface area contributed by atoms with Gasteiger partial charge in [0.15, 0.2) is 46.9 Å². The molecule has 0 bridgehead atoms. The molecular weight excluding hydrogens is 748 g/mol. The number of phenolic OH excluding ortho intramolecular Hbond substituents is 4. The standard InChI is InChI=1S/C37H38O19/c1-50-24-9-16(4-6-19(24)41)23-12-22(44)29-21(43)10-17(11-25(29)52-23)51-36-35(33(49)31(47)26(13-38)53-36)56-37-34(32(48)30(46)27(14-39)54-37)55-28(45)7-3-15-2-5-18(40)20(42)8-15/h2-12,26-27,30-43,46-49H,13-14H2,1H3/t26-,27-,30-,31-,32+,33+,34-,35-,36-,37+/m1/s1. The molecule has 10 atom stereocenters. The molecule has 300 valence electrons. The van der Waals surface area contributed by atoms with Gasteiger partial charge in [-0.05, 0) is 42.0 Å². The number of rotatable bonds is 11. The van der Waals surface area contributed by atoms with Gasteiger partial charge in [-0.1, -0.05) is 6.07 Å². The third-order valence-corrected chi connectivity index (χ3v) is 9.10. The zero-order valence-corrected chi connectivity index (χ0v) is 29.2. The number of aromatic hydroxyl groups is 4. The van der Waals surface area contributed by atoms with Gasteiger partial charge in [-0.15, -0.1) is 0 Å². The minimum atomic E-state index is -1.96. The van der Waals surface area contributed by atoms with Crippen molar-refractivity contribution in [2.45, 2.75) is 61.4 Å². The largest absolute Gasteiger partial charge is 0.507 e. The molecule has 4 aromatic rings. The van der Waals surface area contributed by atoms with E-state index in [0.29, 0.717) is 5.56 Å². The van der Waals surface area contributed by atoms with Crippen LogP contribution in [0, 0.1) is 0 Å². The molecule has 0 radical (unpaired) electrons. The van der Waals surface area contributed by atoms with E-state index in [-0.39, 0.29) is 39.5 Å². The number of methoxy groups -OCH3 is 1. The molecule has 6 rings (SSSR count). The summed E-state index contributed by atoms with van der Waals surface area (Å²) in [5, 5.41) is 103. The predicted octanol–water partition coefficient (Wildman–Crippen LogP) is -0.442. The highest BCUT2D eigenvalue weighted by atomic mass is 16.8. The number of aliphatic hydroxyl groups excluding tert-OH is 6. The summed E-state index contributed by atoms with van der Waals surface area (Å²) in [5.74, 6) is -2.93. The van der Waals surface area contributed by atoms with Crippen LogP contribution < -0.4 is 14.9 Å². The number of hydrogen-bond donors (Lipinski definition) is 10. The van der Waals surface area contributed by atoms with Crippen molar-refractivity contribution in [1.82, 2.24) is 0 Å². The second-order valence-corrected chi connectivity index (χ2v) is 12.8. The molecule has 19 heteroatoms. The lowest BCUT2D eigenvalue weighted by Gasteiger charge is -2.46. The maximum absolute atomic E-state index is 13.1. The van der Waals surface area contributed by atoms with E-state index < -0.39 is 103 Å². The van der Waals surface area contributed by atoms with Crippen molar-refractivity contribution in [3.8, 4) is 45.8 Å². The van der Waals surface area contributed by atoms with Crippen molar-refractivity contribution >= 4 is 23.0 Å². The normalized spacial score (nSPS) is 28.0. The number of hydrogen-bond acceptors (Lipinski definition) is 19. The van der Waals surface area contributed by atoms with Crippen LogP contribution in [0.2, 0.25) is 0 Å². The Morgan fingerprint density at radius 3 is 2.07 bits per heavy atom. The first-order valence-electron chi connectivity index (χ1n) is 16.9. The van der Waals surface area contributed by atoms with E-state index in [9.17, 15) is 60.7 Å². The Morgan fingerprint density at radius 1 is 0.750 bits per heavy atom. The summed E-state index contributed by atoms with van der Waals surface area (Å²) in [5.41, 5.74) is -0.265. The molecule has 2 aliphatic rings. The summed E-state index contributed by atoms with van der Waals surface area (Å²) >= 11 is 0. The molecule has 2 aliphatic heterocycles. The van der Waals surface area contributed by atoms with Crippen molar-refractivity contribution in [1.29, 1.82) is 0 Å². The van der Waals surface area contributed by atoms with Gasteiger partial charge in [0.1, 0.15) is 64.9 Å². The Labute approximate surface area is 315 Å². The second kappa shape index (κ2) is 16.7. The minimum absolute atomic E-state index is 0.0108. The van der Waals surface area contributed by atoms with Crippen molar-refractivity contribution in [3.05, 3.63) is 76.5 Å². The summed E-state index contributed by atoms with van der Waals surface area (Å²) in [6.45, 7) is -1.69. The lowest BCUT2D eigenvalue weighted by molar-refractivity contribution is -0.358. The average Bonchev–Trinajstić information content (AvgIpc) is 3.17. The number of phenols is 4. The van der Waals surface area contributed by atoms with Crippen molar-refractivity contribution in [2.75, 3.05) is 20.3 Å². The smallest absolute Gasteiger partial charge is 0.331 e. The molecule has 10 N–H and O–H groups in total. The fourth-order valence-corrected chi connectivity index (χ4v) is 6.14. The highest BCUT2D eigenvalue weighted by Crippen LogP contribution is 2.37. The van der Waals surface area contributed by atoms with Crippen molar-refractivity contribution in [2.24, 2.45) is 0 Å². The zero-order valence-electron chi connectivity index (χ0n) is 29.2. The number of benzene rings is 3. The quantitative estimate of drug-likeness (QED) is 0.0523. The molecule has 0 saturated carbocycles. The van der Waals surface area contributed by atoms with E-state index in [2.05, 4.69) is 0 Å². The number of esters is 1. The van der Waals surface area contributed by atoms with Crippen molar-refractivity contribution < 1.29 is 88.7 Å². The van der Waals surface area contributed by atoms with Crippen LogP contribution in [0.25, 0.3) is 28.4 Å². The van der Waals surface area contributed by atoms with Crippen LogP contribution in [-0.4, -0.2) is 139 Å². The van der Waals surface area contributed by atoms with E-state index in [1.165, 1.54) is 49.6 Å². The molecule has 19 nitrogen and oxygen atoms in total. The lowest BCUT2D eigenvalue weighted by atomic mass is 9.97. The van der Waals surface area contributed by atoms with Gasteiger partial charge in [0.05, 0.1) is 20.3 Å². The number of aliphatic hydroxyl groups is 6. The molecule has 0 unspecified atom stereocenters. The number of carbonyl (C=O) groups is 1. The van der Waals surface area contributed by atoms with E-state index in [1.54, 1.807) is 0 Å². The van der Waals surface area contributed by atoms with E-state index in [4.69, 9.17) is 32.8 Å². The minimum Gasteiger partial charge on any atom is -0.507 e. The molecule has 1 aromatic heterocycles. The Kier molecular flexibility index (Phi) is 12.0. The molecular formula is C37H38O19. The Hall–Kier alpha value is -5.48. The molecule has 2 fully saturated rings. The molecule has 2 saturated heterocycles. The maximum atomic E-state index is 13.1. The molecule has 0 amide bonds. The van der Waals surface area contributed by atoms with Gasteiger partial charge < -0.3 is 83.9 Å². The zero-order chi connectivity index (χ0) is 40.4. The Morgan fingerprint density at radius 2 is 1.41 bits per heavy atom. The van der Waals surface area contributed by atoms with Crippen LogP contribution in [0.3, 0.4) is 0 Å². The third-order valence-electron chi connectivity index (χ3n) is 9.10. The van der Waals surface area contributed by atoms with Crippen LogP contribution in [0.15, 0.2) is 69.9 Å². The number of carbonyl (C=O) groups excluding carboxylic acids is 1. The third kappa shape index (κ3) is 8.21. The lowest BCUT2D eigenvalue weighted by Crippen LogP contribution is -2.65.